The second-order valence-corrected chi connectivity index (χ2v) is 9.99. The first kappa shape index (κ1) is 28.0. The van der Waals surface area contributed by atoms with Crippen LogP contribution in [0.4, 0.5) is 16.2 Å². The van der Waals surface area contributed by atoms with E-state index in [4.69, 9.17) is 19.9 Å². The van der Waals surface area contributed by atoms with Crippen molar-refractivity contribution >= 4 is 17.4 Å². The Labute approximate surface area is 231 Å². The fourth-order valence-electron chi connectivity index (χ4n) is 5.17. The van der Waals surface area contributed by atoms with E-state index < -0.39 is 0 Å². The maximum atomic E-state index is 13.2. The molecule has 39 heavy (non-hydrogen) atoms. The number of benzene rings is 3. The maximum absolute atomic E-state index is 13.2. The second-order valence-electron chi connectivity index (χ2n) is 9.99. The van der Waals surface area contributed by atoms with Gasteiger partial charge in [-0.2, -0.15) is 0 Å². The lowest BCUT2D eigenvalue weighted by Gasteiger charge is -2.39. The Morgan fingerprint density at radius 3 is 2.44 bits per heavy atom. The molecule has 3 aromatic rings. The largest absolute Gasteiger partial charge is 0.495 e. The van der Waals surface area contributed by atoms with Gasteiger partial charge in [0.05, 0.1) is 32.6 Å². The number of nitrogen functional groups attached to an aromatic ring is 1. The maximum Gasteiger partial charge on any atom is 0.318 e. The molecule has 4 rings (SSSR count). The molecule has 8 heteroatoms. The second kappa shape index (κ2) is 12.2. The number of carbonyl (C=O) groups is 1. The van der Waals surface area contributed by atoms with Crippen molar-refractivity contribution in [2.24, 2.45) is 0 Å². The number of nitrogens with zero attached hydrogens (tertiary/aromatic N) is 2. The lowest BCUT2D eigenvalue weighted by molar-refractivity contribution is 0.180. The van der Waals surface area contributed by atoms with Gasteiger partial charge in [-0.3, -0.25) is 0 Å². The third kappa shape index (κ3) is 6.00. The first-order chi connectivity index (χ1) is 18.8. The van der Waals surface area contributed by atoms with E-state index in [1.807, 2.05) is 50.2 Å². The fraction of sp³-hybridized carbons (Fsp3) is 0.387. The predicted molar refractivity (Wildman–Crippen MR) is 156 cm³/mol. The first-order valence-corrected chi connectivity index (χ1v) is 13.4. The molecular formula is C31H40N4O4. The topological polar surface area (TPSA) is 89.3 Å². The summed E-state index contributed by atoms with van der Waals surface area (Å²) in [6.07, 6.45) is 1.41. The smallest absolute Gasteiger partial charge is 0.318 e. The van der Waals surface area contributed by atoms with Crippen molar-refractivity contribution < 1.29 is 19.0 Å². The Morgan fingerprint density at radius 2 is 1.79 bits per heavy atom. The molecule has 0 aromatic heterocycles. The van der Waals surface area contributed by atoms with Gasteiger partial charge in [-0.1, -0.05) is 12.1 Å². The molecule has 0 saturated heterocycles. The highest BCUT2D eigenvalue weighted by atomic mass is 16.5. The van der Waals surface area contributed by atoms with Crippen LogP contribution in [0.3, 0.4) is 0 Å². The normalized spacial score (nSPS) is 14.4. The number of ether oxygens (including phenoxy) is 3. The summed E-state index contributed by atoms with van der Waals surface area (Å²) < 4.78 is 17.3. The first-order valence-electron chi connectivity index (χ1n) is 13.4. The molecule has 1 aliphatic heterocycles. The SMILES string of the molecule is CCNC(=O)N1CCc2cc(OC)c(OCCc3ccc(OC)c(N)c3)cc2C1c1ccc(N(C)C)cc1C. The molecule has 1 heterocycles. The number of anilines is 2. The fourth-order valence-corrected chi connectivity index (χ4v) is 5.17. The highest BCUT2D eigenvalue weighted by Gasteiger charge is 2.34. The number of carbonyl (C=O) groups excluding carboxylic acids is 1. The molecular weight excluding hydrogens is 492 g/mol. The van der Waals surface area contributed by atoms with E-state index in [1.54, 1.807) is 14.2 Å². The molecule has 1 atom stereocenters. The zero-order valence-corrected chi connectivity index (χ0v) is 23.8. The molecule has 0 bridgehead atoms. The lowest BCUT2D eigenvalue weighted by atomic mass is 9.86. The van der Waals surface area contributed by atoms with Crippen molar-refractivity contribution in [3.63, 3.8) is 0 Å². The van der Waals surface area contributed by atoms with Crippen molar-refractivity contribution in [2.45, 2.75) is 32.7 Å². The Hall–Kier alpha value is -4.07. The number of hydrogen-bond acceptors (Lipinski definition) is 6. The van der Waals surface area contributed by atoms with Crippen LogP contribution >= 0.6 is 0 Å². The van der Waals surface area contributed by atoms with Gasteiger partial charge in [-0.05, 0) is 84.5 Å². The molecule has 2 amide bonds. The average molecular weight is 533 g/mol. The van der Waals surface area contributed by atoms with Crippen LogP contribution in [-0.2, 0) is 12.8 Å². The van der Waals surface area contributed by atoms with Gasteiger partial charge in [0.1, 0.15) is 5.75 Å². The molecule has 1 aliphatic rings. The number of rotatable bonds is 9. The molecule has 0 saturated carbocycles. The molecule has 3 N–H and O–H groups in total. The van der Waals surface area contributed by atoms with E-state index in [9.17, 15) is 4.79 Å². The standard InChI is InChI=1S/C31H40N4O4/c1-7-33-31(36)35-14-12-22-18-28(38-6)29(39-15-13-21-8-11-27(37-5)26(32)17-21)19-25(22)30(35)24-10-9-23(34(3)4)16-20(24)2/h8-11,16-19,30H,7,12-15,32H2,1-6H3,(H,33,36). The number of nitrogens with two attached hydrogens (primary N) is 1. The number of nitrogens with one attached hydrogen (secondary N) is 1. The van der Waals surface area contributed by atoms with Crippen molar-refractivity contribution in [1.29, 1.82) is 0 Å². The van der Waals surface area contributed by atoms with E-state index in [0.717, 1.165) is 39.9 Å². The molecule has 0 spiro atoms. The van der Waals surface area contributed by atoms with Gasteiger partial charge in [0, 0.05) is 39.3 Å². The minimum atomic E-state index is -0.244. The number of fused-ring (bicyclic) bond motifs is 1. The van der Waals surface area contributed by atoms with Crippen molar-refractivity contribution in [3.05, 3.63) is 76.3 Å². The van der Waals surface area contributed by atoms with E-state index in [0.29, 0.717) is 49.1 Å². The van der Waals surface area contributed by atoms with E-state index >= 15 is 0 Å². The number of methoxy groups -OCH3 is 2. The average Bonchev–Trinajstić information content (AvgIpc) is 2.92. The molecule has 3 aromatic carbocycles. The summed E-state index contributed by atoms with van der Waals surface area (Å²) in [5, 5.41) is 3.00. The number of amides is 2. The van der Waals surface area contributed by atoms with Gasteiger partial charge in [-0.15, -0.1) is 0 Å². The van der Waals surface area contributed by atoms with Gasteiger partial charge < -0.3 is 35.1 Å². The molecule has 1 unspecified atom stereocenters. The Balaban J connectivity index is 1.69. The Kier molecular flexibility index (Phi) is 8.74. The van der Waals surface area contributed by atoms with Crippen LogP contribution in [0.15, 0.2) is 48.5 Å². The summed E-state index contributed by atoms with van der Waals surface area (Å²) in [6.45, 7) is 5.67. The molecule has 0 aliphatic carbocycles. The predicted octanol–water partition coefficient (Wildman–Crippen LogP) is 4.96. The van der Waals surface area contributed by atoms with Gasteiger partial charge in [0.25, 0.3) is 0 Å². The number of aryl methyl sites for hydroxylation is 1. The van der Waals surface area contributed by atoms with E-state index in [2.05, 4.69) is 41.4 Å². The van der Waals surface area contributed by atoms with Crippen LogP contribution in [-0.4, -0.2) is 58.9 Å². The minimum absolute atomic E-state index is 0.0698. The van der Waals surface area contributed by atoms with Crippen LogP contribution in [0, 0.1) is 6.92 Å². The summed E-state index contributed by atoms with van der Waals surface area (Å²) in [7, 11) is 7.32. The quantitative estimate of drug-likeness (QED) is 0.379. The third-order valence-electron chi connectivity index (χ3n) is 7.25. The van der Waals surface area contributed by atoms with Gasteiger partial charge >= 0.3 is 6.03 Å². The van der Waals surface area contributed by atoms with Gasteiger partial charge in [0.15, 0.2) is 11.5 Å². The third-order valence-corrected chi connectivity index (χ3v) is 7.25. The van der Waals surface area contributed by atoms with Gasteiger partial charge in [-0.25, -0.2) is 4.79 Å². The zero-order valence-electron chi connectivity index (χ0n) is 23.8. The van der Waals surface area contributed by atoms with Crippen molar-refractivity contribution in [3.8, 4) is 17.2 Å². The van der Waals surface area contributed by atoms with Crippen molar-refractivity contribution in [2.75, 3.05) is 58.6 Å². The van der Waals surface area contributed by atoms with Crippen LogP contribution < -0.4 is 30.2 Å². The van der Waals surface area contributed by atoms with E-state index in [-0.39, 0.29) is 12.1 Å². The summed E-state index contributed by atoms with van der Waals surface area (Å²) in [4.78, 5) is 17.2. The number of urea groups is 1. The summed E-state index contributed by atoms with van der Waals surface area (Å²) in [5.41, 5.74) is 13.3. The molecule has 0 radical (unpaired) electrons. The summed E-state index contributed by atoms with van der Waals surface area (Å²) >= 11 is 0. The van der Waals surface area contributed by atoms with Crippen LogP contribution in [0.1, 0.15) is 40.8 Å². The number of hydrogen-bond donors (Lipinski definition) is 2. The van der Waals surface area contributed by atoms with Crippen LogP contribution in [0.25, 0.3) is 0 Å². The molecule has 0 fully saturated rings. The van der Waals surface area contributed by atoms with Crippen LogP contribution in [0.5, 0.6) is 17.2 Å². The van der Waals surface area contributed by atoms with Crippen molar-refractivity contribution in [1.82, 2.24) is 10.2 Å². The lowest BCUT2D eigenvalue weighted by Crippen LogP contribution is -2.46. The summed E-state index contributed by atoms with van der Waals surface area (Å²) in [5.74, 6) is 2.00. The van der Waals surface area contributed by atoms with Gasteiger partial charge in [0.2, 0.25) is 0 Å². The highest BCUT2D eigenvalue weighted by molar-refractivity contribution is 5.76. The van der Waals surface area contributed by atoms with Crippen LogP contribution in [0.2, 0.25) is 0 Å². The molecule has 8 nitrogen and oxygen atoms in total. The Bertz CT molecular complexity index is 1320. The van der Waals surface area contributed by atoms with E-state index in [1.165, 1.54) is 0 Å². The zero-order chi connectivity index (χ0) is 28.1. The minimum Gasteiger partial charge on any atom is -0.495 e. The summed E-state index contributed by atoms with van der Waals surface area (Å²) in [6, 6.07) is 16.0. The highest BCUT2D eigenvalue weighted by Crippen LogP contribution is 2.42. The monoisotopic (exact) mass is 532 g/mol. The Morgan fingerprint density at radius 1 is 1.03 bits per heavy atom. The molecule has 208 valence electrons.